The topological polar surface area (TPSA) is 65.5 Å². The Morgan fingerprint density at radius 3 is 2.19 bits per heavy atom. The van der Waals surface area contributed by atoms with Gasteiger partial charge in [0.2, 0.25) is 5.91 Å². The molecule has 0 aliphatic carbocycles. The molecule has 2 aromatic carbocycles. The van der Waals surface area contributed by atoms with E-state index in [9.17, 15) is 4.79 Å². The van der Waals surface area contributed by atoms with Gasteiger partial charge in [-0.3, -0.25) is 9.79 Å². The van der Waals surface area contributed by atoms with Crippen LogP contribution in [0.15, 0.2) is 53.5 Å². The average Bonchev–Trinajstić information content (AvgIpc) is 2.60. The normalized spacial score (nSPS) is 10.7. The van der Waals surface area contributed by atoms with Crippen LogP contribution in [-0.4, -0.2) is 25.5 Å². The van der Waals surface area contributed by atoms with E-state index in [1.807, 2.05) is 48.5 Å². The highest BCUT2D eigenvalue weighted by molar-refractivity contribution is 14.0. The zero-order valence-electron chi connectivity index (χ0n) is 14.9. The Morgan fingerprint density at radius 2 is 1.62 bits per heavy atom. The number of benzene rings is 2. The van der Waals surface area contributed by atoms with Crippen LogP contribution >= 0.6 is 35.6 Å². The fourth-order valence-corrected chi connectivity index (χ4v) is 2.42. The molecule has 2 aromatic rings. The third-order valence-electron chi connectivity index (χ3n) is 3.58. The number of guanidine groups is 1. The SMILES string of the molecule is CN=C(NCCc1ccc(NC(C)=O)cc1)NCc1ccc(Cl)cc1.I. The summed E-state index contributed by atoms with van der Waals surface area (Å²) in [6.45, 7) is 2.95. The van der Waals surface area contributed by atoms with Gasteiger partial charge in [0.1, 0.15) is 0 Å². The van der Waals surface area contributed by atoms with E-state index >= 15 is 0 Å². The van der Waals surface area contributed by atoms with Crippen molar-refractivity contribution in [2.75, 3.05) is 18.9 Å². The van der Waals surface area contributed by atoms with Crippen LogP contribution in [0.25, 0.3) is 0 Å². The van der Waals surface area contributed by atoms with Crippen LogP contribution in [0.3, 0.4) is 0 Å². The van der Waals surface area contributed by atoms with E-state index < -0.39 is 0 Å². The lowest BCUT2D eigenvalue weighted by atomic mass is 10.1. The minimum atomic E-state index is -0.0648. The van der Waals surface area contributed by atoms with Gasteiger partial charge in [-0.2, -0.15) is 0 Å². The van der Waals surface area contributed by atoms with Gasteiger partial charge in [-0.15, -0.1) is 24.0 Å². The van der Waals surface area contributed by atoms with Crippen LogP contribution in [0, 0.1) is 0 Å². The van der Waals surface area contributed by atoms with Crippen LogP contribution in [0.2, 0.25) is 5.02 Å². The van der Waals surface area contributed by atoms with Gasteiger partial charge in [0.25, 0.3) is 0 Å². The van der Waals surface area contributed by atoms with Crippen molar-refractivity contribution in [3.05, 3.63) is 64.7 Å². The second-order valence-corrected chi connectivity index (χ2v) is 6.04. The van der Waals surface area contributed by atoms with Crippen LogP contribution in [-0.2, 0) is 17.8 Å². The smallest absolute Gasteiger partial charge is 0.221 e. The number of nitrogens with zero attached hydrogens (tertiary/aromatic N) is 1. The van der Waals surface area contributed by atoms with Crippen molar-refractivity contribution in [1.29, 1.82) is 0 Å². The van der Waals surface area contributed by atoms with E-state index in [1.54, 1.807) is 7.05 Å². The molecule has 3 N–H and O–H groups in total. The maximum absolute atomic E-state index is 11.0. The number of aliphatic imine (C=N–C) groups is 1. The van der Waals surface area contributed by atoms with Crippen molar-refractivity contribution in [1.82, 2.24) is 10.6 Å². The number of anilines is 1. The summed E-state index contributed by atoms with van der Waals surface area (Å²) in [6.07, 6.45) is 0.863. The molecule has 0 bridgehead atoms. The first-order chi connectivity index (χ1) is 12.1. The van der Waals surface area contributed by atoms with E-state index in [4.69, 9.17) is 11.6 Å². The molecule has 140 valence electrons. The number of rotatable bonds is 6. The van der Waals surface area contributed by atoms with Crippen molar-refractivity contribution >= 4 is 53.1 Å². The fraction of sp³-hybridized carbons (Fsp3) is 0.263. The lowest BCUT2D eigenvalue weighted by molar-refractivity contribution is -0.114. The summed E-state index contributed by atoms with van der Waals surface area (Å²) in [5.41, 5.74) is 3.14. The van der Waals surface area contributed by atoms with Crippen LogP contribution < -0.4 is 16.0 Å². The zero-order chi connectivity index (χ0) is 18.1. The monoisotopic (exact) mass is 486 g/mol. The number of hydrogen-bond acceptors (Lipinski definition) is 2. The largest absolute Gasteiger partial charge is 0.356 e. The van der Waals surface area contributed by atoms with Crippen LogP contribution in [0.5, 0.6) is 0 Å². The molecular formula is C19H24ClIN4O. The van der Waals surface area contributed by atoms with Gasteiger partial charge in [0.05, 0.1) is 0 Å². The molecule has 0 aliphatic rings. The van der Waals surface area contributed by atoms with Crippen molar-refractivity contribution in [3.8, 4) is 0 Å². The second-order valence-electron chi connectivity index (χ2n) is 5.61. The van der Waals surface area contributed by atoms with Gasteiger partial charge < -0.3 is 16.0 Å². The van der Waals surface area contributed by atoms with E-state index in [1.165, 1.54) is 12.5 Å². The Balaban J connectivity index is 0.00000338. The summed E-state index contributed by atoms with van der Waals surface area (Å²) in [7, 11) is 1.75. The highest BCUT2D eigenvalue weighted by Gasteiger charge is 2.00. The molecule has 26 heavy (non-hydrogen) atoms. The number of halogens is 2. The van der Waals surface area contributed by atoms with Crippen molar-refractivity contribution in [2.24, 2.45) is 4.99 Å². The first kappa shape index (κ1) is 22.2. The van der Waals surface area contributed by atoms with Gasteiger partial charge in [-0.25, -0.2) is 0 Å². The van der Waals surface area contributed by atoms with Gasteiger partial charge >= 0.3 is 0 Å². The number of nitrogens with one attached hydrogen (secondary N) is 3. The molecule has 0 aliphatic heterocycles. The number of carbonyl (C=O) groups is 1. The molecule has 0 aromatic heterocycles. The Hall–Kier alpha value is -1.80. The Labute approximate surface area is 176 Å². The summed E-state index contributed by atoms with van der Waals surface area (Å²) in [5.74, 6) is 0.690. The molecule has 5 nitrogen and oxygen atoms in total. The molecule has 0 unspecified atom stereocenters. The first-order valence-electron chi connectivity index (χ1n) is 8.12. The lowest BCUT2D eigenvalue weighted by Gasteiger charge is -2.12. The van der Waals surface area contributed by atoms with Crippen LogP contribution in [0.4, 0.5) is 5.69 Å². The summed E-state index contributed by atoms with van der Waals surface area (Å²) >= 11 is 5.89. The van der Waals surface area contributed by atoms with Crippen molar-refractivity contribution in [2.45, 2.75) is 19.9 Å². The Bertz CT molecular complexity index is 717. The second kappa shape index (κ2) is 11.7. The maximum Gasteiger partial charge on any atom is 0.221 e. The fourth-order valence-electron chi connectivity index (χ4n) is 2.29. The summed E-state index contributed by atoms with van der Waals surface area (Å²) < 4.78 is 0. The summed E-state index contributed by atoms with van der Waals surface area (Å²) in [5, 5.41) is 10.1. The maximum atomic E-state index is 11.0. The molecule has 0 atom stereocenters. The molecule has 0 spiro atoms. The third kappa shape index (κ3) is 8.05. The molecule has 0 saturated heterocycles. The van der Waals surface area contributed by atoms with Gasteiger partial charge in [-0.05, 0) is 41.8 Å². The third-order valence-corrected chi connectivity index (χ3v) is 3.83. The van der Waals surface area contributed by atoms with Gasteiger partial charge in [-0.1, -0.05) is 35.9 Å². The van der Waals surface area contributed by atoms with Gasteiger partial charge in [0.15, 0.2) is 5.96 Å². The van der Waals surface area contributed by atoms with Crippen LogP contribution in [0.1, 0.15) is 18.1 Å². The molecule has 7 heteroatoms. The molecule has 0 radical (unpaired) electrons. The molecule has 0 heterocycles. The first-order valence-corrected chi connectivity index (χ1v) is 8.50. The van der Waals surface area contributed by atoms with E-state index in [2.05, 4.69) is 20.9 Å². The molecular weight excluding hydrogens is 463 g/mol. The number of carbonyl (C=O) groups excluding carboxylic acids is 1. The molecule has 0 saturated carbocycles. The summed E-state index contributed by atoms with van der Waals surface area (Å²) in [6, 6.07) is 15.6. The van der Waals surface area contributed by atoms with E-state index in [0.29, 0.717) is 6.54 Å². The standard InChI is InChI=1S/C19H23ClN4O.HI/c1-14(25)24-18-9-5-15(6-10-18)11-12-22-19(21-2)23-13-16-3-7-17(20)8-4-16;/h3-10H,11-13H2,1-2H3,(H,24,25)(H2,21,22,23);1H. The van der Waals surface area contributed by atoms with E-state index in [-0.39, 0.29) is 29.9 Å². The minimum absolute atomic E-state index is 0. The number of amides is 1. The predicted molar refractivity (Wildman–Crippen MR) is 120 cm³/mol. The minimum Gasteiger partial charge on any atom is -0.356 e. The average molecular weight is 487 g/mol. The molecule has 1 amide bonds. The highest BCUT2D eigenvalue weighted by atomic mass is 127. The van der Waals surface area contributed by atoms with Gasteiger partial charge in [0, 0.05) is 37.8 Å². The highest BCUT2D eigenvalue weighted by Crippen LogP contribution is 2.10. The van der Waals surface area contributed by atoms with E-state index in [0.717, 1.165) is 35.2 Å². The Morgan fingerprint density at radius 1 is 1.00 bits per heavy atom. The quantitative estimate of drug-likeness (QED) is 0.330. The summed E-state index contributed by atoms with van der Waals surface area (Å²) in [4.78, 5) is 15.2. The lowest BCUT2D eigenvalue weighted by Crippen LogP contribution is -2.37. The van der Waals surface area contributed by atoms with Crippen molar-refractivity contribution in [3.63, 3.8) is 0 Å². The predicted octanol–water partition coefficient (Wildman–Crippen LogP) is 3.82. The zero-order valence-corrected chi connectivity index (χ0v) is 18.0. The molecule has 2 rings (SSSR count). The Kier molecular flexibility index (Phi) is 10.0. The molecule has 0 fully saturated rings. The van der Waals surface area contributed by atoms with Crippen molar-refractivity contribution < 1.29 is 4.79 Å². The number of hydrogen-bond donors (Lipinski definition) is 3.